The molecule has 41 heavy (non-hydrogen) atoms. The number of rotatable bonds is 3. The number of hydrogen-bond acceptors (Lipinski definition) is 1. The first-order valence-electron chi connectivity index (χ1n) is 14.6. The Balaban J connectivity index is 1.22. The van der Waals surface area contributed by atoms with E-state index in [4.69, 9.17) is 0 Å². The number of hydrogen-bond donors (Lipinski definition) is 1. The van der Waals surface area contributed by atoms with Crippen LogP contribution in [0.2, 0.25) is 0 Å². The molecule has 6 aromatic rings. The van der Waals surface area contributed by atoms with E-state index in [-0.39, 0.29) is 10.8 Å². The van der Waals surface area contributed by atoms with Crippen molar-refractivity contribution in [3.63, 3.8) is 0 Å². The van der Waals surface area contributed by atoms with Gasteiger partial charge in [0.05, 0.1) is 0 Å². The van der Waals surface area contributed by atoms with Crippen molar-refractivity contribution < 1.29 is 0 Å². The molecule has 1 N–H and O–H groups in total. The molecular formula is C40H33N. The van der Waals surface area contributed by atoms with Gasteiger partial charge in [-0.25, -0.2) is 0 Å². The molecule has 6 aromatic carbocycles. The molecule has 0 saturated heterocycles. The number of nitrogens with one attached hydrogen (secondary N) is 1. The van der Waals surface area contributed by atoms with Crippen molar-refractivity contribution in [3.8, 4) is 33.4 Å². The van der Waals surface area contributed by atoms with Crippen molar-refractivity contribution in [1.82, 2.24) is 0 Å². The fourth-order valence-electron chi connectivity index (χ4n) is 7.47. The summed E-state index contributed by atoms with van der Waals surface area (Å²) in [6.07, 6.45) is 0. The number of fused-ring (bicyclic) bond motifs is 8. The van der Waals surface area contributed by atoms with Gasteiger partial charge >= 0.3 is 0 Å². The van der Waals surface area contributed by atoms with E-state index in [0.29, 0.717) is 0 Å². The molecule has 0 saturated carbocycles. The lowest BCUT2D eigenvalue weighted by Crippen LogP contribution is -2.15. The summed E-state index contributed by atoms with van der Waals surface area (Å²) in [6, 6.07) is 44.8. The van der Waals surface area contributed by atoms with Crippen LogP contribution in [0.25, 0.3) is 44.2 Å². The molecule has 1 nitrogen and oxygen atoms in total. The largest absolute Gasteiger partial charge is 0.356 e. The van der Waals surface area contributed by atoms with Gasteiger partial charge in [0.25, 0.3) is 0 Å². The van der Waals surface area contributed by atoms with Crippen molar-refractivity contribution in [2.24, 2.45) is 0 Å². The highest BCUT2D eigenvalue weighted by Gasteiger charge is 2.38. The number of anilines is 2. The van der Waals surface area contributed by atoms with E-state index in [2.05, 4.69) is 154 Å². The second-order valence-corrected chi connectivity index (χ2v) is 12.7. The third-order valence-corrected chi connectivity index (χ3v) is 9.64. The van der Waals surface area contributed by atoms with Crippen LogP contribution in [0.4, 0.5) is 11.4 Å². The zero-order valence-electron chi connectivity index (χ0n) is 24.0. The summed E-state index contributed by atoms with van der Waals surface area (Å²) in [5, 5.41) is 6.41. The second-order valence-electron chi connectivity index (χ2n) is 12.7. The lowest BCUT2D eigenvalue weighted by atomic mass is 9.80. The zero-order chi connectivity index (χ0) is 27.9. The van der Waals surface area contributed by atoms with Gasteiger partial charge in [0.2, 0.25) is 0 Å². The van der Waals surface area contributed by atoms with Crippen LogP contribution in [0.1, 0.15) is 49.9 Å². The molecule has 8 rings (SSSR count). The molecule has 0 amide bonds. The van der Waals surface area contributed by atoms with E-state index < -0.39 is 0 Å². The van der Waals surface area contributed by atoms with Crippen LogP contribution in [0, 0.1) is 0 Å². The van der Waals surface area contributed by atoms with Gasteiger partial charge in [-0.05, 0) is 96.7 Å². The molecule has 0 heterocycles. The average molecular weight is 528 g/mol. The first-order valence-corrected chi connectivity index (χ1v) is 14.6. The van der Waals surface area contributed by atoms with Crippen LogP contribution < -0.4 is 5.32 Å². The summed E-state index contributed by atoms with van der Waals surface area (Å²) in [4.78, 5) is 0. The normalized spacial score (nSPS) is 15.2. The first-order chi connectivity index (χ1) is 19.8. The highest BCUT2D eigenvalue weighted by Crippen LogP contribution is 2.54. The van der Waals surface area contributed by atoms with Crippen molar-refractivity contribution in [2.45, 2.75) is 38.5 Å². The topological polar surface area (TPSA) is 12.0 Å². The molecule has 0 unspecified atom stereocenters. The van der Waals surface area contributed by atoms with Gasteiger partial charge in [-0.2, -0.15) is 0 Å². The Bertz CT molecular complexity index is 2010. The third-order valence-electron chi connectivity index (χ3n) is 9.64. The summed E-state index contributed by atoms with van der Waals surface area (Å²) in [5.41, 5.74) is 15.7. The Morgan fingerprint density at radius 2 is 0.976 bits per heavy atom. The molecular weight excluding hydrogens is 494 g/mol. The maximum atomic E-state index is 3.77. The SMILES string of the molecule is CC1(C)c2ccccc2-c2ccc(Nc3ccc4c(c3)C(C)(C)c3cc(-c5ccccc5)c5ccccc5c3-4)cc21. The summed E-state index contributed by atoms with van der Waals surface area (Å²) in [5.74, 6) is 0. The van der Waals surface area contributed by atoms with Gasteiger partial charge in [0.15, 0.2) is 0 Å². The molecule has 2 aliphatic rings. The number of benzene rings is 6. The Hall–Kier alpha value is -4.62. The molecule has 0 bridgehead atoms. The highest BCUT2D eigenvalue weighted by molar-refractivity contribution is 6.09. The van der Waals surface area contributed by atoms with Gasteiger partial charge in [-0.3, -0.25) is 0 Å². The molecule has 0 radical (unpaired) electrons. The monoisotopic (exact) mass is 527 g/mol. The molecule has 1 heteroatoms. The van der Waals surface area contributed by atoms with Gasteiger partial charge < -0.3 is 5.32 Å². The minimum atomic E-state index is -0.114. The summed E-state index contributed by atoms with van der Waals surface area (Å²) >= 11 is 0. The van der Waals surface area contributed by atoms with E-state index in [1.807, 2.05) is 0 Å². The fourth-order valence-corrected chi connectivity index (χ4v) is 7.47. The lowest BCUT2D eigenvalue weighted by molar-refractivity contribution is 0.660. The molecule has 2 aliphatic carbocycles. The molecule has 0 atom stereocenters. The van der Waals surface area contributed by atoms with Crippen LogP contribution in [0.5, 0.6) is 0 Å². The molecule has 0 aromatic heterocycles. The second kappa shape index (κ2) is 8.44. The van der Waals surface area contributed by atoms with Gasteiger partial charge in [0.1, 0.15) is 0 Å². The first kappa shape index (κ1) is 24.2. The van der Waals surface area contributed by atoms with Gasteiger partial charge in [-0.15, -0.1) is 0 Å². The molecule has 0 aliphatic heterocycles. The van der Waals surface area contributed by atoms with Crippen molar-refractivity contribution in [1.29, 1.82) is 0 Å². The van der Waals surface area contributed by atoms with E-state index in [1.165, 1.54) is 66.4 Å². The van der Waals surface area contributed by atoms with E-state index in [1.54, 1.807) is 0 Å². The summed E-state index contributed by atoms with van der Waals surface area (Å²) in [7, 11) is 0. The van der Waals surface area contributed by atoms with Crippen molar-refractivity contribution in [3.05, 3.63) is 144 Å². The smallest absolute Gasteiger partial charge is 0.0387 e. The summed E-state index contributed by atoms with van der Waals surface area (Å²) < 4.78 is 0. The highest BCUT2D eigenvalue weighted by atomic mass is 14.9. The maximum Gasteiger partial charge on any atom is 0.0387 e. The van der Waals surface area contributed by atoms with E-state index >= 15 is 0 Å². The molecule has 0 fully saturated rings. The molecule has 0 spiro atoms. The van der Waals surface area contributed by atoms with Gasteiger partial charge in [0, 0.05) is 22.2 Å². The Morgan fingerprint density at radius 1 is 0.415 bits per heavy atom. The van der Waals surface area contributed by atoms with Crippen LogP contribution in [-0.4, -0.2) is 0 Å². The Morgan fingerprint density at radius 3 is 1.73 bits per heavy atom. The predicted molar refractivity (Wildman–Crippen MR) is 174 cm³/mol. The quantitative estimate of drug-likeness (QED) is 0.241. The minimum Gasteiger partial charge on any atom is -0.356 e. The Kier molecular flexibility index (Phi) is 4.98. The zero-order valence-corrected chi connectivity index (χ0v) is 24.0. The summed E-state index contributed by atoms with van der Waals surface area (Å²) in [6.45, 7) is 9.43. The van der Waals surface area contributed by atoms with Crippen LogP contribution in [-0.2, 0) is 10.8 Å². The van der Waals surface area contributed by atoms with Crippen LogP contribution >= 0.6 is 0 Å². The van der Waals surface area contributed by atoms with Crippen molar-refractivity contribution >= 4 is 22.1 Å². The standard InChI is InChI=1S/C40H33N/c1-39(2)34-17-11-10-15-29(34)30-20-18-26(22-35(30)39)41-27-19-21-32-36(23-27)40(3,4)37-24-33(25-12-6-5-7-13-25)28-14-8-9-16-31(28)38(32)37/h5-24,41H,1-4H3. The third kappa shape index (κ3) is 3.42. The average Bonchev–Trinajstić information content (AvgIpc) is 3.36. The van der Waals surface area contributed by atoms with E-state index in [9.17, 15) is 0 Å². The van der Waals surface area contributed by atoms with Crippen LogP contribution in [0.3, 0.4) is 0 Å². The predicted octanol–water partition coefficient (Wildman–Crippen LogP) is 10.9. The lowest BCUT2D eigenvalue weighted by Gasteiger charge is -2.24. The van der Waals surface area contributed by atoms with Gasteiger partial charge in [-0.1, -0.05) is 119 Å². The maximum absolute atomic E-state index is 3.77. The minimum absolute atomic E-state index is 0.0112. The van der Waals surface area contributed by atoms with Crippen molar-refractivity contribution in [2.75, 3.05) is 5.32 Å². The van der Waals surface area contributed by atoms with E-state index in [0.717, 1.165) is 11.4 Å². The van der Waals surface area contributed by atoms with Crippen LogP contribution in [0.15, 0.2) is 121 Å². The molecule has 198 valence electrons. The fraction of sp³-hybridized carbons (Fsp3) is 0.150. The Labute approximate surface area is 242 Å².